The summed E-state index contributed by atoms with van der Waals surface area (Å²) in [5, 5.41) is 22.0. The molecule has 1 heterocycles. The zero-order valence-corrected chi connectivity index (χ0v) is 19.6. The number of carbonyl (C=O) groups is 1. The number of carboxylic acid groups (broad SMARTS) is 1. The lowest BCUT2D eigenvalue weighted by Crippen LogP contribution is -2.31. The Morgan fingerprint density at radius 2 is 1.66 bits per heavy atom. The van der Waals surface area contributed by atoms with Gasteiger partial charge in [0.15, 0.2) is 0 Å². The van der Waals surface area contributed by atoms with Gasteiger partial charge in [0, 0.05) is 18.8 Å². The van der Waals surface area contributed by atoms with Crippen molar-refractivity contribution in [3.05, 3.63) is 124 Å². The Labute approximate surface area is 207 Å². The molecule has 3 aromatic carbocycles. The summed E-state index contributed by atoms with van der Waals surface area (Å²) in [6, 6.07) is 23.3. The van der Waals surface area contributed by atoms with Crippen molar-refractivity contribution >= 4 is 23.8 Å². The van der Waals surface area contributed by atoms with Crippen LogP contribution in [0.4, 0.5) is 4.39 Å². The molecule has 0 aliphatic heterocycles. The van der Waals surface area contributed by atoms with Gasteiger partial charge in [-0.2, -0.15) is 4.39 Å². The first-order chi connectivity index (χ1) is 16.9. The average molecular weight is 489 g/mol. The van der Waals surface area contributed by atoms with E-state index in [0.717, 1.165) is 27.8 Å². The van der Waals surface area contributed by atoms with E-state index >= 15 is 0 Å². The van der Waals surface area contributed by atoms with Gasteiger partial charge in [0.2, 0.25) is 5.95 Å². The molecule has 1 atom stereocenters. The van der Waals surface area contributed by atoms with E-state index in [1.165, 1.54) is 18.5 Å². The topological polar surface area (TPSA) is 82.8 Å². The van der Waals surface area contributed by atoms with Crippen LogP contribution in [-0.4, -0.2) is 27.5 Å². The van der Waals surface area contributed by atoms with Gasteiger partial charge >= 0.3 is 5.97 Å². The van der Waals surface area contributed by atoms with Crippen LogP contribution in [0.15, 0.2) is 90.2 Å². The summed E-state index contributed by atoms with van der Waals surface area (Å²) in [5.74, 6) is -1.65. The zero-order valence-electron chi connectivity index (χ0n) is 18.8. The van der Waals surface area contributed by atoms with Gasteiger partial charge in [-0.15, -0.1) is 5.16 Å². The quantitative estimate of drug-likeness (QED) is 0.131. The van der Waals surface area contributed by atoms with Gasteiger partial charge in [-0.3, -0.25) is 0 Å². The van der Waals surface area contributed by atoms with E-state index in [4.69, 9.17) is 16.7 Å². The van der Waals surface area contributed by atoms with Gasteiger partial charge in [-0.25, -0.2) is 9.78 Å². The third-order valence-corrected chi connectivity index (χ3v) is 6.51. The van der Waals surface area contributed by atoms with Crippen LogP contribution >= 0.6 is 11.6 Å². The molecule has 0 amide bonds. The van der Waals surface area contributed by atoms with Crippen molar-refractivity contribution in [2.45, 2.75) is 18.8 Å². The Kier molecular flexibility index (Phi) is 6.94. The highest BCUT2D eigenvalue weighted by molar-refractivity contribution is 6.31. The summed E-state index contributed by atoms with van der Waals surface area (Å²) in [5.41, 5.74) is 4.13. The van der Waals surface area contributed by atoms with Gasteiger partial charge < -0.3 is 10.3 Å². The van der Waals surface area contributed by atoms with E-state index in [2.05, 4.69) is 10.1 Å². The molecule has 4 aromatic rings. The molecule has 0 bridgehead atoms. The van der Waals surface area contributed by atoms with Crippen LogP contribution in [-0.2, 0) is 5.41 Å². The monoisotopic (exact) mass is 488 g/mol. The molecule has 7 heteroatoms. The molecular weight excluding hydrogens is 467 g/mol. The second-order valence-electron chi connectivity index (χ2n) is 8.17. The van der Waals surface area contributed by atoms with Crippen LogP contribution < -0.4 is 0 Å². The second kappa shape index (κ2) is 10.1. The molecule has 0 aliphatic rings. The summed E-state index contributed by atoms with van der Waals surface area (Å²) in [7, 11) is 0. The molecule has 0 saturated heterocycles. The maximum Gasteiger partial charge on any atom is 0.335 e. The molecule has 0 fully saturated rings. The first kappa shape index (κ1) is 24.1. The number of oxime groups is 1. The standard InChI is InChI=1S/C28H22ClFN2O3/c1-18-4-2-3-5-23(18)28(14-15-32-35,24-16-26(30)31-17-25(24)29)22-12-10-20(11-13-22)19-6-8-21(9-7-19)27(33)34/h2-13,15-17,35H,14H2,1H3,(H,33,34)/t28-/m1/s1. The molecule has 0 saturated carbocycles. The van der Waals surface area contributed by atoms with Crippen molar-refractivity contribution in [1.82, 2.24) is 4.98 Å². The molecule has 0 unspecified atom stereocenters. The number of pyridine rings is 1. The summed E-state index contributed by atoms with van der Waals surface area (Å²) >= 11 is 6.59. The van der Waals surface area contributed by atoms with Crippen LogP contribution in [0.5, 0.6) is 0 Å². The predicted molar refractivity (Wildman–Crippen MR) is 134 cm³/mol. The molecule has 176 valence electrons. The number of halogens is 2. The van der Waals surface area contributed by atoms with E-state index in [0.29, 0.717) is 5.56 Å². The fourth-order valence-electron chi connectivity index (χ4n) is 4.52. The number of aromatic carboxylic acids is 1. The van der Waals surface area contributed by atoms with Crippen molar-refractivity contribution in [3.8, 4) is 11.1 Å². The number of hydrogen-bond donors (Lipinski definition) is 2. The number of hydrogen-bond acceptors (Lipinski definition) is 4. The third-order valence-electron chi connectivity index (χ3n) is 6.21. The Morgan fingerprint density at radius 1 is 1.03 bits per heavy atom. The third kappa shape index (κ3) is 4.66. The van der Waals surface area contributed by atoms with Gasteiger partial charge in [0.05, 0.1) is 16.0 Å². The maximum absolute atomic E-state index is 14.4. The van der Waals surface area contributed by atoms with E-state index in [1.54, 1.807) is 24.3 Å². The molecule has 2 N–H and O–H groups in total. The number of rotatable bonds is 7. The lowest BCUT2D eigenvalue weighted by Gasteiger charge is -2.36. The summed E-state index contributed by atoms with van der Waals surface area (Å²) < 4.78 is 14.4. The largest absolute Gasteiger partial charge is 0.478 e. The second-order valence-corrected chi connectivity index (χ2v) is 8.58. The number of nitrogens with zero attached hydrogens (tertiary/aromatic N) is 2. The van der Waals surface area contributed by atoms with Crippen molar-refractivity contribution in [3.63, 3.8) is 0 Å². The normalized spacial score (nSPS) is 13.0. The lowest BCUT2D eigenvalue weighted by atomic mass is 9.66. The van der Waals surface area contributed by atoms with E-state index in [-0.39, 0.29) is 17.0 Å². The minimum Gasteiger partial charge on any atom is -0.478 e. The SMILES string of the molecule is Cc1ccccc1[C@@](CC=NO)(c1ccc(-c2ccc(C(=O)O)cc2)cc1)c1cc(F)ncc1Cl. The highest BCUT2D eigenvalue weighted by Crippen LogP contribution is 2.46. The Hall–Kier alpha value is -4.03. The van der Waals surface area contributed by atoms with Gasteiger partial charge in [-0.05, 0) is 58.5 Å². The highest BCUT2D eigenvalue weighted by atomic mass is 35.5. The van der Waals surface area contributed by atoms with Crippen LogP contribution in [0, 0.1) is 12.9 Å². The summed E-state index contributed by atoms with van der Waals surface area (Å²) in [6.45, 7) is 1.96. The number of aromatic nitrogens is 1. The first-order valence-corrected chi connectivity index (χ1v) is 11.2. The Morgan fingerprint density at radius 3 is 2.26 bits per heavy atom. The van der Waals surface area contributed by atoms with Gasteiger partial charge in [0.1, 0.15) is 0 Å². The molecule has 1 aromatic heterocycles. The Bertz CT molecular complexity index is 1390. The van der Waals surface area contributed by atoms with Crippen LogP contribution in [0.2, 0.25) is 5.02 Å². The Balaban J connectivity index is 1.93. The van der Waals surface area contributed by atoms with Crippen molar-refractivity contribution in [2.75, 3.05) is 0 Å². The van der Waals surface area contributed by atoms with Crippen LogP contribution in [0.25, 0.3) is 11.1 Å². The fraction of sp³-hybridized carbons (Fsp3) is 0.107. The average Bonchev–Trinajstić information content (AvgIpc) is 2.87. The van der Waals surface area contributed by atoms with Crippen molar-refractivity contribution in [2.24, 2.45) is 5.16 Å². The molecule has 4 rings (SSSR count). The number of aryl methyl sites for hydroxylation is 1. The zero-order chi connectivity index (χ0) is 25.0. The predicted octanol–water partition coefficient (Wildman–Crippen LogP) is 6.73. The van der Waals surface area contributed by atoms with Crippen LogP contribution in [0.1, 0.15) is 39.0 Å². The summed E-state index contributed by atoms with van der Waals surface area (Å²) in [4.78, 5) is 14.9. The van der Waals surface area contributed by atoms with E-state index in [1.807, 2.05) is 55.5 Å². The molecule has 0 aliphatic carbocycles. The maximum atomic E-state index is 14.4. The van der Waals surface area contributed by atoms with Crippen LogP contribution in [0.3, 0.4) is 0 Å². The highest BCUT2D eigenvalue weighted by Gasteiger charge is 2.39. The lowest BCUT2D eigenvalue weighted by molar-refractivity contribution is 0.0697. The van der Waals surface area contributed by atoms with E-state index < -0.39 is 17.3 Å². The van der Waals surface area contributed by atoms with Gasteiger partial charge in [0.25, 0.3) is 0 Å². The minimum atomic E-state index is -0.984. The molecular formula is C28H22ClFN2O3. The molecule has 5 nitrogen and oxygen atoms in total. The first-order valence-electron chi connectivity index (χ1n) is 10.8. The molecule has 35 heavy (non-hydrogen) atoms. The smallest absolute Gasteiger partial charge is 0.335 e. The number of benzene rings is 3. The van der Waals surface area contributed by atoms with Crippen molar-refractivity contribution in [1.29, 1.82) is 0 Å². The minimum absolute atomic E-state index is 0.210. The molecule has 0 spiro atoms. The molecule has 0 radical (unpaired) electrons. The summed E-state index contributed by atoms with van der Waals surface area (Å²) in [6.07, 6.45) is 2.87. The van der Waals surface area contributed by atoms with Crippen molar-refractivity contribution < 1.29 is 19.5 Å². The fourth-order valence-corrected chi connectivity index (χ4v) is 4.78. The van der Waals surface area contributed by atoms with Gasteiger partial charge in [-0.1, -0.05) is 72.3 Å². The number of carboxylic acids is 1. The van der Waals surface area contributed by atoms with E-state index in [9.17, 15) is 14.4 Å².